The molecular weight excluding hydrogens is 312 g/mol. The van der Waals surface area contributed by atoms with Gasteiger partial charge in [-0.1, -0.05) is 51.1 Å². The topological polar surface area (TPSA) is 0 Å². The summed E-state index contributed by atoms with van der Waals surface area (Å²) in [6.45, 7) is 13.6. The van der Waals surface area contributed by atoms with Crippen LogP contribution in [0.3, 0.4) is 0 Å². The number of rotatable bonds is 3. The molecule has 0 saturated carbocycles. The van der Waals surface area contributed by atoms with E-state index in [1.807, 2.05) is 12.2 Å². The van der Waals surface area contributed by atoms with Gasteiger partial charge in [0.05, 0.1) is 0 Å². The molecule has 0 rings (SSSR count). The minimum atomic E-state index is -1.30. The molecule has 0 aliphatic carbocycles. The second-order valence-electron chi connectivity index (χ2n) is 6.46. The predicted molar refractivity (Wildman–Crippen MR) is 105 cm³/mol. The highest BCUT2D eigenvalue weighted by Gasteiger charge is 2.08. The van der Waals surface area contributed by atoms with E-state index in [0.29, 0.717) is 0 Å². The molecule has 0 unspecified atom stereocenters. The average Bonchev–Trinajstić information content (AvgIpc) is 2.28. The summed E-state index contributed by atoms with van der Waals surface area (Å²) in [7, 11) is -2.59. The second-order valence-corrected chi connectivity index (χ2v) is 17.7. The van der Waals surface area contributed by atoms with Gasteiger partial charge in [0, 0.05) is 22.0 Å². The van der Waals surface area contributed by atoms with Gasteiger partial charge in [0.2, 0.25) is 0 Å². The fraction of sp³-hybridized carbons (Fsp3) is 0.500. The van der Waals surface area contributed by atoms with Crippen molar-refractivity contribution in [3.8, 4) is 22.9 Å². The van der Waals surface area contributed by atoms with Gasteiger partial charge in [-0.2, -0.15) is 0 Å². The Balaban J connectivity index is 5.26. The molecule has 0 nitrogen and oxygen atoms in total. The van der Waals surface area contributed by atoms with Crippen molar-refractivity contribution in [2.24, 2.45) is 0 Å². The van der Waals surface area contributed by atoms with Crippen LogP contribution in [0.5, 0.6) is 0 Å². The van der Waals surface area contributed by atoms with E-state index in [4.69, 9.17) is 0 Å². The van der Waals surface area contributed by atoms with Gasteiger partial charge in [-0.3, -0.25) is 0 Å². The Morgan fingerprint density at radius 2 is 1.00 bits per heavy atom. The summed E-state index contributed by atoms with van der Waals surface area (Å²) in [6, 6.07) is 0. The lowest BCUT2D eigenvalue weighted by Crippen LogP contribution is -2.16. The van der Waals surface area contributed by atoms with Crippen molar-refractivity contribution in [3.05, 3.63) is 22.0 Å². The molecule has 0 aromatic carbocycles. The standard InChI is InChI=1S/C16H26S2Si2/c1-17-15(11-9-13-19(3,4)5)16(18-2)12-10-14-20(6,7)8/h11-12H,1-8H3/b15-11-,16-12-. The highest BCUT2D eigenvalue weighted by molar-refractivity contribution is 8.07. The van der Waals surface area contributed by atoms with E-state index in [-0.39, 0.29) is 0 Å². The van der Waals surface area contributed by atoms with Crippen LogP contribution in [-0.4, -0.2) is 28.7 Å². The molecule has 4 heteroatoms. The van der Waals surface area contributed by atoms with Crippen molar-refractivity contribution in [2.75, 3.05) is 12.5 Å². The van der Waals surface area contributed by atoms with Gasteiger partial charge in [-0.05, 0) is 12.5 Å². The largest absolute Gasteiger partial charge is 0.129 e. The Bertz CT molecular complexity index is 447. The smallest absolute Gasteiger partial charge is 0.128 e. The van der Waals surface area contributed by atoms with Crippen LogP contribution in [0.2, 0.25) is 39.3 Å². The third kappa shape index (κ3) is 10.5. The number of allylic oxidation sites excluding steroid dienone is 2. The first kappa shape index (κ1) is 19.7. The molecule has 0 fully saturated rings. The lowest BCUT2D eigenvalue weighted by Gasteiger charge is -2.06. The van der Waals surface area contributed by atoms with E-state index in [0.717, 1.165) is 0 Å². The molecule has 0 spiro atoms. The minimum absolute atomic E-state index is 1.22. The Morgan fingerprint density at radius 1 is 0.700 bits per heavy atom. The lowest BCUT2D eigenvalue weighted by molar-refractivity contribution is 1.80. The van der Waals surface area contributed by atoms with Gasteiger partial charge < -0.3 is 0 Å². The average molecular weight is 339 g/mol. The Hall–Kier alpha value is -0.266. The molecular formula is C16H26S2Si2. The van der Waals surface area contributed by atoms with Gasteiger partial charge in [0.25, 0.3) is 0 Å². The molecule has 0 N–H and O–H groups in total. The first-order chi connectivity index (χ1) is 9.09. The monoisotopic (exact) mass is 338 g/mol. The Morgan fingerprint density at radius 3 is 1.20 bits per heavy atom. The molecule has 0 bridgehead atoms. The number of hydrogen-bond acceptors (Lipinski definition) is 2. The van der Waals surface area contributed by atoms with Gasteiger partial charge >= 0.3 is 0 Å². The first-order valence-corrected chi connectivity index (χ1v) is 16.1. The zero-order chi connectivity index (χ0) is 15.8. The molecule has 0 saturated heterocycles. The van der Waals surface area contributed by atoms with E-state index in [2.05, 4.69) is 74.7 Å². The lowest BCUT2D eigenvalue weighted by atomic mass is 10.4. The van der Waals surface area contributed by atoms with Crippen molar-refractivity contribution >= 4 is 39.7 Å². The van der Waals surface area contributed by atoms with Crippen LogP contribution < -0.4 is 0 Å². The molecule has 110 valence electrons. The second kappa shape index (κ2) is 8.90. The third-order valence-corrected chi connectivity index (χ3v) is 5.46. The number of thioether (sulfide) groups is 2. The molecule has 0 aromatic rings. The van der Waals surface area contributed by atoms with Crippen LogP contribution in [0.25, 0.3) is 0 Å². The predicted octanol–water partition coefficient (Wildman–Crippen LogP) is 5.24. The summed E-state index contributed by atoms with van der Waals surface area (Å²) < 4.78 is 0. The maximum Gasteiger partial charge on any atom is 0.129 e. The van der Waals surface area contributed by atoms with Crippen LogP contribution in [0.15, 0.2) is 22.0 Å². The van der Waals surface area contributed by atoms with E-state index in [9.17, 15) is 0 Å². The van der Waals surface area contributed by atoms with Crippen LogP contribution in [0.1, 0.15) is 0 Å². The summed E-state index contributed by atoms with van der Waals surface area (Å²) in [5, 5.41) is 0. The molecule has 20 heavy (non-hydrogen) atoms. The first-order valence-electron chi connectivity index (χ1n) is 6.63. The molecule has 0 heterocycles. The van der Waals surface area contributed by atoms with E-state index in [1.165, 1.54) is 9.81 Å². The van der Waals surface area contributed by atoms with Crippen molar-refractivity contribution in [3.63, 3.8) is 0 Å². The van der Waals surface area contributed by atoms with Crippen molar-refractivity contribution in [1.82, 2.24) is 0 Å². The van der Waals surface area contributed by atoms with E-state index >= 15 is 0 Å². The van der Waals surface area contributed by atoms with Crippen molar-refractivity contribution < 1.29 is 0 Å². The summed E-state index contributed by atoms with van der Waals surface area (Å²) >= 11 is 3.48. The van der Waals surface area contributed by atoms with Crippen molar-refractivity contribution in [2.45, 2.75) is 39.3 Å². The van der Waals surface area contributed by atoms with Gasteiger partial charge in [-0.15, -0.1) is 34.6 Å². The van der Waals surface area contributed by atoms with Crippen LogP contribution >= 0.6 is 23.5 Å². The Kier molecular flexibility index (Phi) is 8.78. The van der Waals surface area contributed by atoms with E-state index < -0.39 is 16.1 Å². The maximum atomic E-state index is 3.38. The fourth-order valence-electron chi connectivity index (χ4n) is 1.10. The Labute approximate surface area is 136 Å². The molecule has 0 aromatic heterocycles. The van der Waals surface area contributed by atoms with E-state index in [1.54, 1.807) is 23.5 Å². The van der Waals surface area contributed by atoms with Crippen LogP contribution in [-0.2, 0) is 0 Å². The molecule has 0 aliphatic rings. The minimum Gasteiger partial charge on any atom is -0.128 e. The summed E-state index contributed by atoms with van der Waals surface area (Å²) in [5.74, 6) is 6.47. The number of hydrogen-bond donors (Lipinski definition) is 0. The summed E-state index contributed by atoms with van der Waals surface area (Å²) in [4.78, 5) is 2.43. The highest BCUT2D eigenvalue weighted by atomic mass is 32.2. The van der Waals surface area contributed by atoms with Crippen LogP contribution in [0, 0.1) is 22.9 Å². The normalized spacial score (nSPS) is 13.2. The molecule has 0 radical (unpaired) electrons. The van der Waals surface area contributed by atoms with Crippen molar-refractivity contribution in [1.29, 1.82) is 0 Å². The van der Waals surface area contributed by atoms with Gasteiger partial charge in [-0.25, -0.2) is 0 Å². The molecule has 0 aliphatic heterocycles. The summed E-state index contributed by atoms with van der Waals surface area (Å²) in [6.07, 6.45) is 8.28. The highest BCUT2D eigenvalue weighted by Crippen LogP contribution is 2.28. The third-order valence-electron chi connectivity index (χ3n) is 1.98. The van der Waals surface area contributed by atoms with Crippen LogP contribution in [0.4, 0.5) is 0 Å². The van der Waals surface area contributed by atoms with Gasteiger partial charge in [0.15, 0.2) is 0 Å². The van der Waals surface area contributed by atoms with Gasteiger partial charge in [0.1, 0.15) is 16.1 Å². The SMILES string of the molecule is CSC(=C\C#C[Si](C)(C)C)/C(=C/C#C[Si](C)(C)C)SC. The molecule has 0 amide bonds. The fourth-order valence-corrected chi connectivity index (χ4v) is 3.48. The summed E-state index contributed by atoms with van der Waals surface area (Å²) in [5.41, 5.74) is 6.76. The molecule has 0 atom stereocenters. The zero-order valence-corrected chi connectivity index (χ0v) is 17.6. The maximum absolute atomic E-state index is 3.38. The zero-order valence-electron chi connectivity index (χ0n) is 14.0. The quantitative estimate of drug-likeness (QED) is 0.392.